The van der Waals surface area contributed by atoms with E-state index in [4.69, 9.17) is 19.8 Å². The highest BCUT2D eigenvalue weighted by atomic mass is 16.5. The minimum absolute atomic E-state index is 0.404. The third-order valence-electron chi connectivity index (χ3n) is 5.56. The molecule has 1 aliphatic rings. The van der Waals surface area contributed by atoms with Crippen LogP contribution in [-0.2, 0) is 17.7 Å². The zero-order valence-corrected chi connectivity index (χ0v) is 19.0. The van der Waals surface area contributed by atoms with Crippen LogP contribution in [-0.4, -0.2) is 58.6 Å². The lowest BCUT2D eigenvalue weighted by Gasteiger charge is -2.32. The van der Waals surface area contributed by atoms with Gasteiger partial charge >= 0.3 is 0 Å². The van der Waals surface area contributed by atoms with Crippen molar-refractivity contribution in [3.63, 3.8) is 0 Å². The van der Waals surface area contributed by atoms with Crippen molar-refractivity contribution in [3.05, 3.63) is 35.5 Å². The Morgan fingerprint density at radius 3 is 2.87 bits per heavy atom. The Kier molecular flexibility index (Phi) is 6.67. The standard InChI is InChI=1S/C23H33N7O/c1-5-19-20-21(30(28-19)12-13-31-6-2)22(25-18-9-7-8-16(3)14-18)27-23(26-20)29-11-10-24-17(4)15-29/h7-9,14,17,24H,5-6,10-13,15H2,1-4H3,(H,25,26,27)/t17-/m1/s1. The molecule has 1 fully saturated rings. The van der Waals surface area contributed by atoms with Crippen LogP contribution in [0.25, 0.3) is 11.0 Å². The number of nitrogens with zero attached hydrogens (tertiary/aromatic N) is 5. The molecule has 8 nitrogen and oxygen atoms in total. The molecule has 2 aromatic heterocycles. The minimum atomic E-state index is 0.404. The van der Waals surface area contributed by atoms with E-state index in [1.807, 2.05) is 11.6 Å². The number of piperazine rings is 1. The van der Waals surface area contributed by atoms with Crippen LogP contribution in [0.4, 0.5) is 17.5 Å². The number of aryl methyl sites for hydroxylation is 2. The number of aromatic nitrogens is 4. The molecule has 4 rings (SSSR count). The zero-order valence-electron chi connectivity index (χ0n) is 19.0. The fourth-order valence-electron chi connectivity index (χ4n) is 4.03. The molecule has 0 saturated carbocycles. The van der Waals surface area contributed by atoms with Gasteiger partial charge in [-0.15, -0.1) is 0 Å². The van der Waals surface area contributed by atoms with Crippen molar-refractivity contribution in [3.8, 4) is 0 Å². The molecule has 8 heteroatoms. The molecule has 0 aliphatic carbocycles. The topological polar surface area (TPSA) is 80.1 Å². The highest BCUT2D eigenvalue weighted by Gasteiger charge is 2.23. The van der Waals surface area contributed by atoms with Crippen LogP contribution in [0.15, 0.2) is 24.3 Å². The van der Waals surface area contributed by atoms with Gasteiger partial charge in [-0.2, -0.15) is 10.1 Å². The summed E-state index contributed by atoms with van der Waals surface area (Å²) in [6, 6.07) is 8.74. The normalized spacial score (nSPS) is 16.8. The summed E-state index contributed by atoms with van der Waals surface area (Å²) in [4.78, 5) is 12.3. The van der Waals surface area contributed by atoms with Crippen LogP contribution in [0.2, 0.25) is 0 Å². The largest absolute Gasteiger partial charge is 0.380 e. The Hall–Kier alpha value is -2.71. The van der Waals surface area contributed by atoms with Crippen LogP contribution < -0.4 is 15.5 Å². The Morgan fingerprint density at radius 2 is 2.13 bits per heavy atom. The molecule has 0 spiro atoms. The first-order valence-corrected chi connectivity index (χ1v) is 11.3. The van der Waals surface area contributed by atoms with Gasteiger partial charge in [-0.05, 0) is 44.9 Å². The Labute approximate surface area is 184 Å². The van der Waals surface area contributed by atoms with E-state index in [0.717, 1.165) is 60.2 Å². The van der Waals surface area contributed by atoms with Crippen molar-refractivity contribution in [1.29, 1.82) is 0 Å². The third kappa shape index (κ3) is 4.80. The Bertz CT molecular complexity index is 1030. The molecule has 1 aromatic carbocycles. The van der Waals surface area contributed by atoms with Gasteiger partial charge in [0.1, 0.15) is 11.0 Å². The first-order valence-electron chi connectivity index (χ1n) is 11.3. The predicted octanol–water partition coefficient (Wildman–Crippen LogP) is 3.28. The van der Waals surface area contributed by atoms with Crippen molar-refractivity contribution < 1.29 is 4.74 Å². The third-order valence-corrected chi connectivity index (χ3v) is 5.56. The maximum absolute atomic E-state index is 5.60. The Morgan fingerprint density at radius 1 is 1.26 bits per heavy atom. The zero-order chi connectivity index (χ0) is 21.8. The van der Waals surface area contributed by atoms with Gasteiger partial charge in [0.2, 0.25) is 5.95 Å². The highest BCUT2D eigenvalue weighted by Crippen LogP contribution is 2.29. The summed E-state index contributed by atoms with van der Waals surface area (Å²) in [6.07, 6.45) is 0.816. The van der Waals surface area contributed by atoms with Crippen molar-refractivity contribution in [2.24, 2.45) is 0 Å². The second-order valence-electron chi connectivity index (χ2n) is 8.09. The first kappa shape index (κ1) is 21.5. The summed E-state index contributed by atoms with van der Waals surface area (Å²) in [7, 11) is 0. The summed E-state index contributed by atoms with van der Waals surface area (Å²) in [5, 5.41) is 11.9. The van der Waals surface area contributed by atoms with E-state index in [0.29, 0.717) is 25.8 Å². The number of hydrogen-bond donors (Lipinski definition) is 2. The summed E-state index contributed by atoms with van der Waals surface area (Å²) in [5.74, 6) is 1.55. The number of ether oxygens (including phenoxy) is 1. The number of nitrogens with one attached hydrogen (secondary N) is 2. The average Bonchev–Trinajstić information content (AvgIpc) is 3.12. The molecule has 3 aromatic rings. The summed E-state index contributed by atoms with van der Waals surface area (Å²) in [6.45, 7) is 13.1. The second-order valence-corrected chi connectivity index (χ2v) is 8.09. The minimum Gasteiger partial charge on any atom is -0.380 e. The lowest BCUT2D eigenvalue weighted by molar-refractivity contribution is 0.137. The molecule has 0 radical (unpaired) electrons. The van der Waals surface area contributed by atoms with Gasteiger partial charge in [-0.1, -0.05) is 19.1 Å². The van der Waals surface area contributed by atoms with Crippen molar-refractivity contribution >= 4 is 28.5 Å². The van der Waals surface area contributed by atoms with E-state index < -0.39 is 0 Å². The van der Waals surface area contributed by atoms with E-state index in [9.17, 15) is 0 Å². The molecule has 1 aliphatic heterocycles. The van der Waals surface area contributed by atoms with Crippen LogP contribution in [0.3, 0.4) is 0 Å². The van der Waals surface area contributed by atoms with Gasteiger partial charge in [0, 0.05) is 38.0 Å². The van der Waals surface area contributed by atoms with Gasteiger partial charge in [0.05, 0.1) is 18.8 Å². The van der Waals surface area contributed by atoms with E-state index in [-0.39, 0.29) is 0 Å². The molecule has 2 N–H and O–H groups in total. The number of hydrogen-bond acceptors (Lipinski definition) is 7. The van der Waals surface area contributed by atoms with Crippen molar-refractivity contribution in [2.45, 2.75) is 46.7 Å². The van der Waals surface area contributed by atoms with Crippen molar-refractivity contribution in [2.75, 3.05) is 43.1 Å². The van der Waals surface area contributed by atoms with Gasteiger partial charge < -0.3 is 20.3 Å². The molecule has 31 heavy (non-hydrogen) atoms. The maximum atomic E-state index is 5.60. The molecular formula is C23H33N7O. The molecule has 3 heterocycles. The fraction of sp³-hybridized carbons (Fsp3) is 0.522. The number of benzene rings is 1. The summed E-state index contributed by atoms with van der Waals surface area (Å²) in [5.41, 5.74) is 5.06. The average molecular weight is 424 g/mol. The first-order chi connectivity index (χ1) is 15.1. The monoisotopic (exact) mass is 423 g/mol. The van der Waals surface area contributed by atoms with E-state index >= 15 is 0 Å². The van der Waals surface area contributed by atoms with E-state index in [2.05, 4.69) is 60.6 Å². The fourth-order valence-corrected chi connectivity index (χ4v) is 4.03. The molecule has 1 saturated heterocycles. The number of anilines is 3. The second kappa shape index (κ2) is 9.62. The van der Waals surface area contributed by atoms with Gasteiger partial charge in [0.25, 0.3) is 0 Å². The van der Waals surface area contributed by atoms with Crippen LogP contribution in [0, 0.1) is 6.92 Å². The Balaban J connectivity index is 1.81. The van der Waals surface area contributed by atoms with Crippen molar-refractivity contribution in [1.82, 2.24) is 25.1 Å². The van der Waals surface area contributed by atoms with Crippen LogP contribution in [0.5, 0.6) is 0 Å². The lowest BCUT2D eigenvalue weighted by Crippen LogP contribution is -2.49. The van der Waals surface area contributed by atoms with Gasteiger partial charge in [-0.25, -0.2) is 4.98 Å². The SMILES string of the molecule is CCOCCn1nc(CC)c2nc(N3CCN[C@H](C)C3)nc(Nc3cccc(C)c3)c21. The number of fused-ring (bicyclic) bond motifs is 1. The number of rotatable bonds is 8. The van der Waals surface area contributed by atoms with E-state index in [1.54, 1.807) is 0 Å². The molecule has 1 atom stereocenters. The quantitative estimate of drug-likeness (QED) is 0.538. The molecular weight excluding hydrogens is 390 g/mol. The smallest absolute Gasteiger partial charge is 0.228 e. The van der Waals surface area contributed by atoms with Gasteiger partial charge in [0.15, 0.2) is 5.82 Å². The predicted molar refractivity (Wildman–Crippen MR) is 125 cm³/mol. The molecule has 166 valence electrons. The molecule has 0 unspecified atom stereocenters. The molecule has 0 bridgehead atoms. The molecule has 0 amide bonds. The maximum Gasteiger partial charge on any atom is 0.228 e. The van der Waals surface area contributed by atoms with E-state index in [1.165, 1.54) is 5.56 Å². The van der Waals surface area contributed by atoms with Crippen LogP contribution >= 0.6 is 0 Å². The lowest BCUT2D eigenvalue weighted by atomic mass is 10.2. The highest BCUT2D eigenvalue weighted by molar-refractivity contribution is 5.90. The summed E-state index contributed by atoms with van der Waals surface area (Å²) < 4.78 is 7.59. The summed E-state index contributed by atoms with van der Waals surface area (Å²) >= 11 is 0. The van der Waals surface area contributed by atoms with Gasteiger partial charge in [-0.3, -0.25) is 4.68 Å². The van der Waals surface area contributed by atoms with Crippen LogP contribution in [0.1, 0.15) is 32.0 Å².